The van der Waals surface area contributed by atoms with Gasteiger partial charge in [0.2, 0.25) is 0 Å². The Morgan fingerprint density at radius 2 is 0.915 bits per heavy atom. The second-order valence-corrected chi connectivity index (χ2v) is 16.8. The molecule has 280 valence electrons. The van der Waals surface area contributed by atoms with Gasteiger partial charge in [0.05, 0.1) is 11.1 Å². The van der Waals surface area contributed by atoms with E-state index in [9.17, 15) is 0 Å². The normalized spacial score (nSPS) is 14.1. The third-order valence-electron chi connectivity index (χ3n) is 12.1. The van der Waals surface area contributed by atoms with Crippen LogP contribution >= 0.6 is 11.8 Å². The second-order valence-electron chi connectivity index (χ2n) is 15.8. The SMILES string of the molecule is CC1(C)c2ccccc2C2(c3ccccc3Sc3c(-c4ccccc4-c4nc(-c5ccccc5)nc(-c5cccc(-c6ccccn6)c5)n4)cccc32)c2ccccc21. The number of rotatable bonds is 5. The number of benzene rings is 7. The van der Waals surface area contributed by atoms with Crippen LogP contribution in [0.1, 0.15) is 47.2 Å². The summed E-state index contributed by atoms with van der Waals surface area (Å²) in [5.74, 6) is 1.85. The fourth-order valence-corrected chi connectivity index (χ4v) is 10.8. The lowest BCUT2D eigenvalue weighted by Gasteiger charge is -2.50. The zero-order chi connectivity index (χ0) is 39.6. The van der Waals surface area contributed by atoms with Gasteiger partial charge in [0.1, 0.15) is 0 Å². The topological polar surface area (TPSA) is 51.6 Å². The molecule has 0 fully saturated rings. The van der Waals surface area contributed by atoms with Gasteiger partial charge >= 0.3 is 0 Å². The molecule has 0 amide bonds. The van der Waals surface area contributed by atoms with Crippen molar-refractivity contribution < 1.29 is 0 Å². The molecule has 1 spiro atoms. The molecular formula is C54H38N4S. The Bertz CT molecular complexity index is 3020. The Hall–Kier alpha value is -6.95. The molecule has 3 heterocycles. The Kier molecular flexibility index (Phi) is 8.28. The van der Waals surface area contributed by atoms with Crippen LogP contribution in [0, 0.1) is 0 Å². The predicted octanol–water partition coefficient (Wildman–Crippen LogP) is 13.1. The molecule has 0 bridgehead atoms. The number of pyridine rings is 1. The van der Waals surface area contributed by atoms with E-state index in [0.29, 0.717) is 17.5 Å². The van der Waals surface area contributed by atoms with Gasteiger partial charge in [-0.1, -0.05) is 189 Å². The standard InChI is InChI=1S/C54H38N4S/c1-53(2)41-25-8-10-27-43(41)54(44-28-11-9-26-42(44)53)45-29-12-13-32-48(45)59-49-39(24-17-30-46(49)54)38-22-6-7-23-40(38)52-57-50(35-18-4-3-5-19-35)56-51(58-52)37-21-16-20-36(34-37)47-31-14-15-33-55-47/h3-34H,1-2H3. The molecule has 0 atom stereocenters. The van der Waals surface area contributed by atoms with E-state index in [0.717, 1.165) is 39.1 Å². The molecule has 2 aromatic heterocycles. The molecule has 5 heteroatoms. The maximum absolute atomic E-state index is 5.28. The minimum absolute atomic E-state index is 0.174. The van der Waals surface area contributed by atoms with Crippen molar-refractivity contribution in [2.75, 3.05) is 0 Å². The number of hydrogen-bond acceptors (Lipinski definition) is 5. The highest BCUT2D eigenvalue weighted by Crippen LogP contribution is 2.62. The zero-order valence-electron chi connectivity index (χ0n) is 32.7. The van der Waals surface area contributed by atoms with Crippen LogP contribution in [0.25, 0.3) is 56.5 Å². The third-order valence-corrected chi connectivity index (χ3v) is 13.4. The quantitative estimate of drug-likeness (QED) is 0.174. The summed E-state index contributed by atoms with van der Waals surface area (Å²) in [6.45, 7) is 4.74. The molecule has 0 saturated carbocycles. The zero-order valence-corrected chi connectivity index (χ0v) is 33.5. The summed E-state index contributed by atoms with van der Waals surface area (Å²) in [5.41, 5.74) is 14.2. The van der Waals surface area contributed by atoms with E-state index in [1.807, 2.05) is 60.4 Å². The largest absolute Gasteiger partial charge is 0.256 e. The predicted molar refractivity (Wildman–Crippen MR) is 239 cm³/mol. The maximum atomic E-state index is 5.28. The van der Waals surface area contributed by atoms with Gasteiger partial charge in [0.25, 0.3) is 0 Å². The van der Waals surface area contributed by atoms with Crippen molar-refractivity contribution in [1.82, 2.24) is 19.9 Å². The lowest BCUT2D eigenvalue weighted by atomic mass is 9.54. The molecule has 7 aromatic carbocycles. The fraction of sp³-hybridized carbons (Fsp3) is 0.0741. The molecule has 11 rings (SSSR count). The minimum atomic E-state index is -0.524. The van der Waals surface area contributed by atoms with Crippen LogP contribution in [-0.4, -0.2) is 19.9 Å². The summed E-state index contributed by atoms with van der Waals surface area (Å²) in [7, 11) is 0. The summed E-state index contributed by atoms with van der Waals surface area (Å²) < 4.78 is 0. The number of nitrogens with zero attached hydrogens (tertiary/aromatic N) is 4. The van der Waals surface area contributed by atoms with Crippen LogP contribution in [0.5, 0.6) is 0 Å². The molecule has 1 aliphatic heterocycles. The van der Waals surface area contributed by atoms with Gasteiger partial charge in [-0.2, -0.15) is 0 Å². The van der Waals surface area contributed by atoms with Gasteiger partial charge in [-0.25, -0.2) is 15.0 Å². The molecule has 4 nitrogen and oxygen atoms in total. The summed E-state index contributed by atoms with van der Waals surface area (Å²) >= 11 is 1.87. The summed E-state index contributed by atoms with van der Waals surface area (Å²) in [4.78, 5) is 22.7. The van der Waals surface area contributed by atoms with E-state index in [-0.39, 0.29) is 5.41 Å². The number of aromatic nitrogens is 4. The van der Waals surface area contributed by atoms with Gasteiger partial charge in [0.15, 0.2) is 17.5 Å². The number of fused-ring (bicyclic) bond motifs is 8. The molecule has 0 unspecified atom stereocenters. The van der Waals surface area contributed by atoms with Crippen molar-refractivity contribution >= 4 is 11.8 Å². The molecule has 9 aromatic rings. The third kappa shape index (κ3) is 5.53. The van der Waals surface area contributed by atoms with Crippen molar-refractivity contribution in [2.24, 2.45) is 0 Å². The van der Waals surface area contributed by atoms with Crippen LogP contribution in [-0.2, 0) is 10.8 Å². The van der Waals surface area contributed by atoms with Crippen LogP contribution < -0.4 is 0 Å². The van der Waals surface area contributed by atoms with E-state index in [1.54, 1.807) is 0 Å². The first-order valence-corrected chi connectivity index (χ1v) is 20.9. The molecule has 59 heavy (non-hydrogen) atoms. The van der Waals surface area contributed by atoms with Gasteiger partial charge in [0, 0.05) is 43.7 Å². The van der Waals surface area contributed by atoms with Crippen LogP contribution in [0.3, 0.4) is 0 Å². The lowest BCUT2D eigenvalue weighted by Crippen LogP contribution is -2.43. The first-order chi connectivity index (χ1) is 29.0. The minimum Gasteiger partial charge on any atom is -0.256 e. The molecular weight excluding hydrogens is 737 g/mol. The molecule has 2 aliphatic rings. The van der Waals surface area contributed by atoms with Crippen molar-refractivity contribution in [3.8, 4) is 56.5 Å². The summed E-state index contributed by atoms with van der Waals surface area (Å²) in [6.07, 6.45) is 1.82. The lowest BCUT2D eigenvalue weighted by molar-refractivity contribution is 0.549. The molecule has 0 radical (unpaired) electrons. The van der Waals surface area contributed by atoms with Crippen LogP contribution in [0.4, 0.5) is 0 Å². The Labute approximate surface area is 348 Å². The summed E-state index contributed by atoms with van der Waals surface area (Å²) in [5, 5.41) is 0. The van der Waals surface area contributed by atoms with Crippen LogP contribution in [0.15, 0.2) is 204 Å². The molecule has 0 N–H and O–H groups in total. The highest BCUT2D eigenvalue weighted by molar-refractivity contribution is 7.99. The fourth-order valence-electron chi connectivity index (χ4n) is 9.46. The monoisotopic (exact) mass is 774 g/mol. The van der Waals surface area contributed by atoms with E-state index in [4.69, 9.17) is 15.0 Å². The highest BCUT2D eigenvalue weighted by Gasteiger charge is 2.52. The van der Waals surface area contributed by atoms with Gasteiger partial charge in [-0.3, -0.25) is 4.98 Å². The first kappa shape index (κ1) is 35.2. The van der Waals surface area contributed by atoms with E-state index < -0.39 is 5.41 Å². The summed E-state index contributed by atoms with van der Waals surface area (Å²) in [6, 6.07) is 67.1. The van der Waals surface area contributed by atoms with E-state index >= 15 is 0 Å². The average Bonchev–Trinajstić information content (AvgIpc) is 3.31. The van der Waals surface area contributed by atoms with Crippen LogP contribution in [0.2, 0.25) is 0 Å². The first-order valence-electron chi connectivity index (χ1n) is 20.1. The van der Waals surface area contributed by atoms with Crippen molar-refractivity contribution in [2.45, 2.75) is 34.5 Å². The van der Waals surface area contributed by atoms with Gasteiger partial charge < -0.3 is 0 Å². The molecule has 1 aliphatic carbocycles. The highest BCUT2D eigenvalue weighted by atomic mass is 32.2. The smallest absolute Gasteiger partial charge is 0.164 e. The number of hydrogen-bond donors (Lipinski definition) is 0. The Balaban J connectivity index is 1.15. The van der Waals surface area contributed by atoms with Crippen molar-refractivity contribution in [3.05, 3.63) is 228 Å². The average molecular weight is 775 g/mol. The molecule has 0 saturated heterocycles. The van der Waals surface area contributed by atoms with Gasteiger partial charge in [-0.15, -0.1) is 0 Å². The Morgan fingerprint density at radius 1 is 0.390 bits per heavy atom. The Morgan fingerprint density at radius 3 is 1.64 bits per heavy atom. The van der Waals surface area contributed by atoms with E-state index in [2.05, 4.69) is 164 Å². The maximum Gasteiger partial charge on any atom is 0.164 e. The van der Waals surface area contributed by atoms with E-state index in [1.165, 1.54) is 43.2 Å². The second kappa shape index (κ2) is 13.9. The van der Waals surface area contributed by atoms with Gasteiger partial charge in [-0.05, 0) is 68.8 Å². The van der Waals surface area contributed by atoms with Crippen molar-refractivity contribution in [1.29, 1.82) is 0 Å². The van der Waals surface area contributed by atoms with Crippen molar-refractivity contribution in [3.63, 3.8) is 0 Å².